The van der Waals surface area contributed by atoms with Crippen LogP contribution in [-0.4, -0.2) is 5.78 Å². The van der Waals surface area contributed by atoms with Gasteiger partial charge in [0.1, 0.15) is 12.4 Å². The van der Waals surface area contributed by atoms with Crippen molar-refractivity contribution in [2.75, 3.05) is 0 Å². The fourth-order valence-electron chi connectivity index (χ4n) is 2.59. The van der Waals surface area contributed by atoms with E-state index in [0.717, 1.165) is 28.0 Å². The smallest absolute Gasteiger partial charge is 0.171 e. The van der Waals surface area contributed by atoms with Gasteiger partial charge < -0.3 is 4.74 Å². The molecule has 0 bridgehead atoms. The van der Waals surface area contributed by atoms with Crippen molar-refractivity contribution in [3.05, 3.63) is 64.7 Å². The van der Waals surface area contributed by atoms with Crippen molar-refractivity contribution in [3.63, 3.8) is 0 Å². The maximum absolute atomic E-state index is 11.8. The molecule has 2 aromatic rings. The van der Waals surface area contributed by atoms with Gasteiger partial charge in [0.05, 0.1) is 5.56 Å². The summed E-state index contributed by atoms with van der Waals surface area (Å²) in [6.07, 6.45) is 0.551. The van der Waals surface area contributed by atoms with Crippen LogP contribution in [-0.2, 0) is 13.0 Å². The summed E-state index contributed by atoms with van der Waals surface area (Å²) < 4.78 is 6.00. The first-order chi connectivity index (χ1) is 9.66. The Balaban J connectivity index is 1.92. The summed E-state index contributed by atoms with van der Waals surface area (Å²) in [5.41, 5.74) is 4.15. The fourth-order valence-corrected chi connectivity index (χ4v) is 2.59. The van der Waals surface area contributed by atoms with E-state index in [2.05, 4.69) is 26.0 Å². The van der Waals surface area contributed by atoms with Gasteiger partial charge in [0.15, 0.2) is 5.78 Å². The molecule has 0 amide bonds. The molecular formula is C18H18O2. The molecule has 0 radical (unpaired) electrons. The third kappa shape index (κ3) is 2.22. The van der Waals surface area contributed by atoms with E-state index in [1.807, 2.05) is 30.3 Å². The summed E-state index contributed by atoms with van der Waals surface area (Å²) >= 11 is 0. The topological polar surface area (TPSA) is 26.3 Å². The lowest BCUT2D eigenvalue weighted by molar-refractivity contribution is 0.0961. The van der Waals surface area contributed by atoms with Crippen LogP contribution in [0.3, 0.4) is 0 Å². The number of fused-ring (bicyclic) bond motifs is 1. The molecule has 3 rings (SSSR count). The lowest BCUT2D eigenvalue weighted by atomic mass is 9.83. The molecule has 0 saturated heterocycles. The predicted octanol–water partition coefficient (Wildman–Crippen LogP) is 4.13. The van der Waals surface area contributed by atoms with Crippen LogP contribution in [0.4, 0.5) is 0 Å². The van der Waals surface area contributed by atoms with Crippen LogP contribution in [0, 0.1) is 0 Å². The van der Waals surface area contributed by atoms with Gasteiger partial charge in [-0.25, -0.2) is 0 Å². The van der Waals surface area contributed by atoms with Crippen molar-refractivity contribution in [3.8, 4) is 5.75 Å². The zero-order valence-electron chi connectivity index (χ0n) is 11.8. The quantitative estimate of drug-likeness (QED) is 0.831. The van der Waals surface area contributed by atoms with E-state index in [0.29, 0.717) is 18.9 Å². The van der Waals surface area contributed by atoms with E-state index >= 15 is 0 Å². The van der Waals surface area contributed by atoms with Crippen molar-refractivity contribution in [1.82, 2.24) is 0 Å². The molecule has 0 aliphatic heterocycles. The monoisotopic (exact) mass is 266 g/mol. The number of hydrogen-bond donors (Lipinski definition) is 0. The highest BCUT2D eigenvalue weighted by Crippen LogP contribution is 2.38. The van der Waals surface area contributed by atoms with Crippen LogP contribution in [0.25, 0.3) is 0 Å². The average Bonchev–Trinajstić information content (AvgIpc) is 2.44. The van der Waals surface area contributed by atoms with Crippen LogP contribution in [0.1, 0.15) is 46.8 Å². The lowest BCUT2D eigenvalue weighted by Crippen LogP contribution is -2.21. The standard InChI is InChI=1S/C18H18O2/c1-12(2)15-9-8-14-10-16(19)17(14)18(15)20-11-13-6-4-3-5-7-13/h3-9,12H,10-11H2,1-2H3. The SMILES string of the molecule is CC(C)c1ccc2c(c1OCc1ccccc1)C(=O)C2. The second kappa shape index (κ2) is 5.12. The first-order valence-corrected chi connectivity index (χ1v) is 7.02. The van der Waals surface area contributed by atoms with E-state index < -0.39 is 0 Å². The van der Waals surface area contributed by atoms with Gasteiger partial charge in [-0.2, -0.15) is 0 Å². The number of carbonyl (C=O) groups excluding carboxylic acids is 1. The molecule has 20 heavy (non-hydrogen) atoms. The van der Waals surface area contributed by atoms with E-state index in [1.165, 1.54) is 0 Å². The molecule has 0 unspecified atom stereocenters. The van der Waals surface area contributed by atoms with Gasteiger partial charge in [0.25, 0.3) is 0 Å². The molecular weight excluding hydrogens is 248 g/mol. The predicted molar refractivity (Wildman–Crippen MR) is 79.3 cm³/mol. The zero-order chi connectivity index (χ0) is 14.1. The molecule has 0 spiro atoms. The summed E-state index contributed by atoms with van der Waals surface area (Å²) in [4.78, 5) is 11.8. The Morgan fingerprint density at radius 3 is 2.50 bits per heavy atom. The van der Waals surface area contributed by atoms with Crippen molar-refractivity contribution in [2.24, 2.45) is 0 Å². The minimum absolute atomic E-state index is 0.200. The number of rotatable bonds is 4. The summed E-state index contributed by atoms with van der Waals surface area (Å²) in [5.74, 6) is 1.34. The van der Waals surface area contributed by atoms with Crippen LogP contribution >= 0.6 is 0 Å². The highest BCUT2D eigenvalue weighted by Gasteiger charge is 2.30. The minimum atomic E-state index is 0.200. The number of benzene rings is 2. The minimum Gasteiger partial charge on any atom is -0.488 e. The Labute approximate surface area is 119 Å². The van der Waals surface area contributed by atoms with Crippen molar-refractivity contribution in [2.45, 2.75) is 32.8 Å². The zero-order valence-corrected chi connectivity index (χ0v) is 11.8. The van der Waals surface area contributed by atoms with E-state index in [-0.39, 0.29) is 5.78 Å². The lowest BCUT2D eigenvalue weighted by Gasteiger charge is -2.25. The molecule has 0 fully saturated rings. The fraction of sp³-hybridized carbons (Fsp3) is 0.278. The van der Waals surface area contributed by atoms with E-state index in [1.54, 1.807) is 0 Å². The van der Waals surface area contributed by atoms with Crippen LogP contribution < -0.4 is 4.74 Å². The molecule has 2 nitrogen and oxygen atoms in total. The molecule has 0 atom stereocenters. The maximum Gasteiger partial charge on any atom is 0.171 e. The molecule has 102 valence electrons. The molecule has 0 heterocycles. The van der Waals surface area contributed by atoms with E-state index in [9.17, 15) is 4.79 Å². The van der Waals surface area contributed by atoms with Crippen LogP contribution in [0.15, 0.2) is 42.5 Å². The van der Waals surface area contributed by atoms with Crippen molar-refractivity contribution in [1.29, 1.82) is 0 Å². The molecule has 0 N–H and O–H groups in total. The van der Waals surface area contributed by atoms with Crippen molar-refractivity contribution < 1.29 is 9.53 Å². The van der Waals surface area contributed by atoms with Crippen LogP contribution in [0.2, 0.25) is 0 Å². The van der Waals surface area contributed by atoms with Gasteiger partial charge in [-0.15, -0.1) is 0 Å². The summed E-state index contributed by atoms with van der Waals surface area (Å²) in [6, 6.07) is 14.2. The Hall–Kier alpha value is -2.09. The molecule has 2 aromatic carbocycles. The molecule has 0 aromatic heterocycles. The van der Waals surface area contributed by atoms with Gasteiger partial charge in [-0.05, 0) is 22.6 Å². The summed E-state index contributed by atoms with van der Waals surface area (Å²) in [7, 11) is 0. The first-order valence-electron chi connectivity index (χ1n) is 7.02. The van der Waals surface area contributed by atoms with Gasteiger partial charge in [0.2, 0.25) is 0 Å². The molecule has 1 aliphatic carbocycles. The summed E-state index contributed by atoms with van der Waals surface area (Å²) in [6.45, 7) is 4.75. The highest BCUT2D eigenvalue weighted by molar-refractivity contribution is 6.09. The third-order valence-corrected chi connectivity index (χ3v) is 3.75. The number of hydrogen-bond acceptors (Lipinski definition) is 2. The second-order valence-electron chi connectivity index (χ2n) is 5.55. The normalized spacial score (nSPS) is 13.1. The Morgan fingerprint density at radius 2 is 1.85 bits per heavy atom. The number of carbonyl (C=O) groups is 1. The summed E-state index contributed by atoms with van der Waals surface area (Å²) in [5, 5.41) is 0. The Morgan fingerprint density at radius 1 is 1.10 bits per heavy atom. The van der Waals surface area contributed by atoms with Gasteiger partial charge >= 0.3 is 0 Å². The van der Waals surface area contributed by atoms with Gasteiger partial charge in [-0.3, -0.25) is 4.79 Å². The van der Waals surface area contributed by atoms with E-state index in [4.69, 9.17) is 4.74 Å². The number of Topliss-reactive ketones (excluding diaryl/α,β-unsaturated/α-hetero) is 1. The molecule has 0 saturated carbocycles. The second-order valence-corrected chi connectivity index (χ2v) is 5.55. The average molecular weight is 266 g/mol. The first kappa shape index (κ1) is 12.9. The van der Waals surface area contributed by atoms with Gasteiger partial charge in [0, 0.05) is 6.42 Å². The van der Waals surface area contributed by atoms with Gasteiger partial charge in [-0.1, -0.05) is 56.3 Å². The largest absolute Gasteiger partial charge is 0.488 e. The Kier molecular flexibility index (Phi) is 3.31. The number of ether oxygens (including phenoxy) is 1. The molecule has 2 heteroatoms. The van der Waals surface area contributed by atoms with Crippen LogP contribution in [0.5, 0.6) is 5.75 Å². The molecule has 1 aliphatic rings. The Bertz CT molecular complexity index is 642. The number of ketones is 1. The highest BCUT2D eigenvalue weighted by atomic mass is 16.5. The third-order valence-electron chi connectivity index (χ3n) is 3.75. The maximum atomic E-state index is 11.8. The van der Waals surface area contributed by atoms with Crippen molar-refractivity contribution >= 4 is 5.78 Å².